The third kappa shape index (κ3) is 31.0. The smallest absolute Gasteiger partial charge is 0.394 e. The molecular weight excluding hydrogens is 1630 g/mol. The maximum atomic E-state index is 12.6. The molecule has 0 radical (unpaired) electrons. The fourth-order valence-corrected chi connectivity index (χ4v) is 8.78. The van der Waals surface area contributed by atoms with Crippen molar-refractivity contribution in [2.24, 2.45) is 0 Å². The highest BCUT2D eigenvalue weighted by molar-refractivity contribution is 5.79. The third-order valence-electron chi connectivity index (χ3n) is 14.4. The van der Waals surface area contributed by atoms with Crippen LogP contribution in [-0.2, 0) is 58.4 Å². The lowest BCUT2D eigenvalue weighted by molar-refractivity contribution is -0.398. The molecule has 8 aromatic heterocycles. The van der Waals surface area contributed by atoms with Crippen LogP contribution >= 0.6 is 0 Å². The lowest BCUT2D eigenvalue weighted by atomic mass is 10.1. The van der Waals surface area contributed by atoms with Crippen molar-refractivity contribution in [3.8, 4) is 0 Å². The van der Waals surface area contributed by atoms with Gasteiger partial charge in [-0.3, -0.25) is 18.8 Å². The van der Waals surface area contributed by atoms with Crippen molar-refractivity contribution < 1.29 is 141 Å². The first-order chi connectivity index (χ1) is 54.4. The standard InChI is InChI=1S/C9H8F5N3O3.C9H11FN6O3.C8H8F3N3O3.C8H10FN3O5.C8H10FN3O3.C7H10FN3O4.C6H8FN3O3/c10-8(11,9(12,13)14)2-1-6(18)5-16-4-3-15-7(16)17(19)20;10-3-8(6-17)15-5-7(12-13-15)4-14-2-1-11-9(14)16(18)19;9-8(10,11)2-1-6(15)5-13-4-3-12-7(13)14(16)17;9-3-4-5(13)6(14)7(17-4)11-2-1-10-8(11)12(15)16;9-3-1-2-7(13)6-11-5-4-10-8(11)12(14)15;8-3-5(12)6(13)4-10-2-1-9-7(10)11(14)15;7-3-5(11)4-9-2-1-8-6(9)10(12)13/h3-4H,1-2,5H2;1-2,5,8,17H,3-4,6H2;3-4H,1-2,5H2;1-2,4-7,13-14H,3H2;4-5H,1-3,6H2;1-2,5-6,12-13H,3-4H2;1-2,5,11H,3-4H2. The topological polar surface area (TPSA) is 639 Å². The minimum Gasteiger partial charge on any atom is -0.394 e. The second kappa shape index (κ2) is 46.4. The van der Waals surface area contributed by atoms with E-state index in [9.17, 15) is 158 Å². The maximum absolute atomic E-state index is 12.6. The normalized spacial score (nSPS) is 15.4. The molecule has 8 unspecified atom stereocenters. The van der Waals surface area contributed by atoms with E-state index in [1.165, 1.54) is 77.4 Å². The zero-order valence-electron chi connectivity index (χ0n) is 58.7. The van der Waals surface area contributed by atoms with Gasteiger partial charge in [0.1, 0.15) is 201 Å². The average molecular weight is 1690 g/mol. The summed E-state index contributed by atoms with van der Waals surface area (Å²) in [4.78, 5) is 126. The Morgan fingerprint density at radius 3 is 1.23 bits per heavy atom. The van der Waals surface area contributed by atoms with Crippen molar-refractivity contribution in [1.29, 1.82) is 0 Å². The molecule has 116 heavy (non-hydrogen) atoms. The predicted molar refractivity (Wildman–Crippen MR) is 351 cm³/mol. The highest BCUT2D eigenvalue weighted by atomic mass is 19.4. The van der Waals surface area contributed by atoms with E-state index in [2.05, 4.69) is 45.2 Å². The molecule has 0 amide bonds. The maximum Gasteiger partial charge on any atom is 0.453 e. The van der Waals surface area contributed by atoms with Gasteiger partial charge in [0, 0.05) is 25.7 Å². The van der Waals surface area contributed by atoms with Crippen LogP contribution in [0.15, 0.2) is 93.0 Å². The molecule has 1 aliphatic heterocycles. The molecule has 9 heterocycles. The number of alkyl halides is 13. The fourth-order valence-electron chi connectivity index (χ4n) is 8.78. The highest BCUT2D eigenvalue weighted by Crippen LogP contribution is 2.39. The summed E-state index contributed by atoms with van der Waals surface area (Å²) in [6.07, 6.45) is -5.52. The Hall–Kier alpha value is -12.8. The Kier molecular flexibility index (Phi) is 39.0. The second-order valence-electron chi connectivity index (χ2n) is 22.8. The number of ketones is 3. The number of aliphatic hydroxyl groups is 6. The first-order valence-electron chi connectivity index (χ1n) is 31.9. The van der Waals surface area contributed by atoms with Gasteiger partial charge in [-0.1, -0.05) is 40.1 Å². The number of ether oxygens (including phenoxy) is 1. The summed E-state index contributed by atoms with van der Waals surface area (Å²) < 4.78 is 170. The Labute approximate surface area is 635 Å². The second-order valence-corrected chi connectivity index (χ2v) is 22.8. The minimum absolute atomic E-state index is 0.0891. The quantitative estimate of drug-likeness (QED) is 0.0185. The molecule has 0 spiro atoms. The van der Waals surface area contributed by atoms with Crippen LogP contribution in [0, 0.1) is 70.8 Å². The van der Waals surface area contributed by atoms with Gasteiger partial charge in [0.15, 0.2) is 17.3 Å². The first kappa shape index (κ1) is 97.4. The Morgan fingerprint density at radius 1 is 0.483 bits per heavy atom. The van der Waals surface area contributed by atoms with Gasteiger partial charge in [-0.15, -0.1) is 5.10 Å². The fraction of sp³-hybridized carbons (Fsp3) is 0.527. The monoisotopic (exact) mass is 1690 g/mol. The highest BCUT2D eigenvalue weighted by Gasteiger charge is 2.57. The molecule has 640 valence electrons. The van der Waals surface area contributed by atoms with Crippen LogP contribution in [-0.4, -0.2) is 259 Å². The number of aliphatic hydroxyl groups excluding tert-OH is 6. The molecule has 1 aliphatic rings. The number of nitro groups is 7. The van der Waals surface area contributed by atoms with Crippen LogP contribution in [0.25, 0.3) is 0 Å². The van der Waals surface area contributed by atoms with E-state index < -0.39 is 222 Å². The molecular formula is C55H65F13N24O24. The average Bonchev–Trinajstić information content (AvgIpc) is 1.64. The van der Waals surface area contributed by atoms with Gasteiger partial charge in [0.2, 0.25) is 6.23 Å². The summed E-state index contributed by atoms with van der Waals surface area (Å²) in [7, 11) is 0. The van der Waals surface area contributed by atoms with E-state index >= 15 is 0 Å². The van der Waals surface area contributed by atoms with Gasteiger partial charge in [-0.05, 0) is 40.9 Å². The molecule has 6 N–H and O–H groups in total. The van der Waals surface area contributed by atoms with Crippen LogP contribution in [0.1, 0.15) is 56.5 Å². The van der Waals surface area contributed by atoms with Crippen molar-refractivity contribution in [3.63, 3.8) is 0 Å². The van der Waals surface area contributed by atoms with E-state index in [0.29, 0.717) is 5.69 Å². The molecule has 0 aliphatic carbocycles. The van der Waals surface area contributed by atoms with E-state index in [-0.39, 0.29) is 56.7 Å². The third-order valence-corrected chi connectivity index (χ3v) is 14.4. The molecule has 8 atom stereocenters. The summed E-state index contributed by atoms with van der Waals surface area (Å²) in [5.41, 5.74) is 0.410. The molecule has 1 saturated heterocycles. The minimum atomic E-state index is -5.73. The molecule has 0 bridgehead atoms. The Morgan fingerprint density at radius 2 is 0.862 bits per heavy atom. The number of halogens is 13. The summed E-state index contributed by atoms with van der Waals surface area (Å²) in [5, 5.41) is 136. The van der Waals surface area contributed by atoms with Crippen molar-refractivity contribution >= 4 is 59.0 Å². The number of imidazole rings is 7. The lowest BCUT2D eigenvalue weighted by Gasteiger charge is -2.18. The molecule has 0 aromatic carbocycles. The molecule has 48 nitrogen and oxygen atoms in total. The summed E-state index contributed by atoms with van der Waals surface area (Å²) >= 11 is 0. The van der Waals surface area contributed by atoms with Crippen LogP contribution in [0.2, 0.25) is 0 Å². The van der Waals surface area contributed by atoms with Crippen molar-refractivity contribution in [2.75, 3.05) is 40.0 Å². The molecule has 8 aromatic rings. The van der Waals surface area contributed by atoms with Crippen LogP contribution in [0.4, 0.5) is 98.7 Å². The van der Waals surface area contributed by atoms with E-state index in [4.69, 9.17) is 20.1 Å². The van der Waals surface area contributed by atoms with Crippen LogP contribution in [0.3, 0.4) is 0 Å². The zero-order chi connectivity index (χ0) is 87.5. The predicted octanol–water partition coefficient (Wildman–Crippen LogP) is 4.07. The summed E-state index contributed by atoms with van der Waals surface area (Å²) in [5.74, 6) is -10.3. The van der Waals surface area contributed by atoms with Crippen molar-refractivity contribution in [2.45, 2.75) is 145 Å². The van der Waals surface area contributed by atoms with Crippen molar-refractivity contribution in [3.05, 3.63) is 169 Å². The van der Waals surface area contributed by atoms with Gasteiger partial charge >= 0.3 is 59.9 Å². The van der Waals surface area contributed by atoms with Gasteiger partial charge in [-0.2, -0.15) is 39.7 Å². The number of nitrogens with zero attached hydrogens (tertiary/aromatic N) is 24. The van der Waals surface area contributed by atoms with Gasteiger partial charge in [0.05, 0.1) is 25.9 Å². The van der Waals surface area contributed by atoms with Gasteiger partial charge < -0.3 is 106 Å². The molecule has 1 fully saturated rings. The lowest BCUT2D eigenvalue weighted by Crippen LogP contribution is -2.36. The van der Waals surface area contributed by atoms with Gasteiger partial charge in [-0.25, -0.2) is 49.6 Å². The number of hydrogen-bond acceptors (Lipinski definition) is 33. The molecule has 9 rings (SSSR count). The summed E-state index contributed by atoms with van der Waals surface area (Å²) in [6.45, 7) is -6.40. The Balaban J connectivity index is 0.000000351. The SMILES string of the molecule is O=C(CCC(F)(F)C(F)(F)F)Cn1ccnc1[N+](=O)[O-].O=C(CCC(F)(F)F)Cn1ccnc1[N+](=O)[O-].O=C(CCCF)Cn1ccnc1[N+](=O)[O-].O=[N+]([O-])c1nccn1C1OC(CF)C(O)C1O.O=[N+]([O-])c1nccn1CC(O)C(O)CF.O=[N+]([O-])c1nccn1CC(O)CF.O=[N+]([O-])c1nccn1Cc1cn(C(CO)CF)nn1. The van der Waals surface area contributed by atoms with Crippen LogP contribution in [0.5, 0.6) is 0 Å². The number of aromatic nitrogens is 17. The van der Waals surface area contributed by atoms with E-state index in [1.54, 1.807) is 0 Å². The van der Waals surface area contributed by atoms with Gasteiger partial charge in [0.25, 0.3) is 0 Å². The van der Waals surface area contributed by atoms with E-state index in [0.717, 1.165) is 52.2 Å². The largest absolute Gasteiger partial charge is 0.453 e. The number of rotatable bonds is 35. The molecule has 0 saturated carbocycles. The number of carbonyl (C=O) groups is 3. The van der Waals surface area contributed by atoms with E-state index in [1.807, 2.05) is 0 Å². The molecule has 61 heteroatoms. The van der Waals surface area contributed by atoms with Crippen molar-refractivity contribution in [1.82, 2.24) is 81.9 Å². The summed E-state index contributed by atoms with van der Waals surface area (Å²) in [6, 6.07) is -0.793. The Bertz CT molecular complexity index is 4470. The zero-order valence-corrected chi connectivity index (χ0v) is 58.7. The number of Topliss-reactive ketones (excluding diaryl/α,β-unsaturated/α-hetero) is 3. The van der Waals surface area contributed by atoms with Crippen LogP contribution < -0.4 is 0 Å². The first-order valence-corrected chi connectivity index (χ1v) is 31.9. The number of hydrogen-bond donors (Lipinski definition) is 6. The number of carbonyl (C=O) groups excluding carboxylic acids is 3.